The van der Waals surface area contributed by atoms with Crippen LogP contribution in [0, 0.1) is 11.3 Å². The minimum Gasteiger partial charge on any atom is -0.359 e. The number of hydrogen-bond acceptors (Lipinski definition) is 6. The van der Waals surface area contributed by atoms with Crippen molar-refractivity contribution in [1.82, 2.24) is 9.63 Å². The molecule has 37 heavy (non-hydrogen) atoms. The number of likely N-dealkylation sites (N-methyl/N-ethyl adjacent to an activating group) is 1. The van der Waals surface area contributed by atoms with Crippen LogP contribution in [0.2, 0.25) is 0 Å². The summed E-state index contributed by atoms with van der Waals surface area (Å²) < 4.78 is 40.9. The van der Waals surface area contributed by atoms with Crippen LogP contribution in [0.5, 0.6) is 0 Å². The first-order valence-corrected chi connectivity index (χ1v) is 11.1. The van der Waals surface area contributed by atoms with Gasteiger partial charge in [0.25, 0.3) is 5.56 Å². The van der Waals surface area contributed by atoms with Gasteiger partial charge in [-0.1, -0.05) is 12.1 Å². The van der Waals surface area contributed by atoms with E-state index in [4.69, 9.17) is 0 Å². The summed E-state index contributed by atoms with van der Waals surface area (Å²) in [7, 11) is 2.92. The van der Waals surface area contributed by atoms with Crippen molar-refractivity contribution in [2.75, 3.05) is 12.4 Å². The van der Waals surface area contributed by atoms with Gasteiger partial charge in [0, 0.05) is 43.3 Å². The molecule has 1 unspecified atom stereocenters. The second-order valence-corrected chi connectivity index (χ2v) is 8.55. The highest BCUT2D eigenvalue weighted by Crippen LogP contribution is 2.37. The third-order valence-electron chi connectivity index (χ3n) is 5.84. The Morgan fingerprint density at radius 1 is 1.14 bits per heavy atom. The predicted molar refractivity (Wildman–Crippen MR) is 133 cm³/mol. The van der Waals surface area contributed by atoms with Gasteiger partial charge in [0.15, 0.2) is 5.78 Å². The zero-order valence-corrected chi connectivity index (χ0v) is 20.6. The fraction of sp³-hybridized carbons (Fsp3) is 0.222. The van der Waals surface area contributed by atoms with Crippen molar-refractivity contribution < 1.29 is 23.2 Å². The largest absolute Gasteiger partial charge is 0.416 e. The molecule has 0 aliphatic rings. The first-order chi connectivity index (χ1) is 17.3. The number of hydroxylamine groups is 2. The quantitative estimate of drug-likeness (QED) is 0.332. The number of aromatic nitrogens is 1. The van der Waals surface area contributed by atoms with Crippen LogP contribution < -0.4 is 10.9 Å². The Bertz CT molecular complexity index is 1470. The number of pyridine rings is 1. The Balaban J connectivity index is 2.21. The maximum Gasteiger partial charge on any atom is 0.416 e. The fourth-order valence-electron chi connectivity index (χ4n) is 4.09. The van der Waals surface area contributed by atoms with E-state index in [0.717, 1.165) is 17.2 Å². The van der Waals surface area contributed by atoms with Gasteiger partial charge < -0.3 is 15.1 Å². The number of alkyl halides is 3. The first kappa shape index (κ1) is 27.4. The van der Waals surface area contributed by atoms with E-state index in [9.17, 15) is 33.2 Å². The molecular weight excluding hydrogens is 485 g/mol. The van der Waals surface area contributed by atoms with Crippen LogP contribution >= 0.6 is 0 Å². The van der Waals surface area contributed by atoms with Crippen molar-refractivity contribution >= 4 is 11.5 Å². The minimum atomic E-state index is -4.54. The lowest BCUT2D eigenvalue weighted by Gasteiger charge is -2.29. The van der Waals surface area contributed by atoms with Gasteiger partial charge in [0.1, 0.15) is 0 Å². The van der Waals surface area contributed by atoms with Gasteiger partial charge in [-0.15, -0.1) is 0 Å². The molecule has 192 valence electrons. The molecule has 3 rings (SSSR count). The molecule has 0 aliphatic heterocycles. The van der Waals surface area contributed by atoms with E-state index in [1.807, 2.05) is 6.07 Å². The summed E-state index contributed by atoms with van der Waals surface area (Å²) in [5.41, 5.74) is 0.863. The number of allylic oxidation sites excluding steroid dienone is 1. The molecule has 2 N–H and O–H groups in total. The van der Waals surface area contributed by atoms with Crippen molar-refractivity contribution in [3.63, 3.8) is 0 Å². The van der Waals surface area contributed by atoms with E-state index in [1.165, 1.54) is 49.7 Å². The molecule has 1 aromatic heterocycles. The van der Waals surface area contributed by atoms with Gasteiger partial charge in [0.2, 0.25) is 0 Å². The van der Waals surface area contributed by atoms with Crippen molar-refractivity contribution in [2.45, 2.75) is 26.1 Å². The van der Waals surface area contributed by atoms with Crippen molar-refractivity contribution in [3.05, 3.63) is 99.1 Å². The van der Waals surface area contributed by atoms with Crippen LogP contribution in [-0.2, 0) is 18.0 Å². The van der Waals surface area contributed by atoms with Gasteiger partial charge >= 0.3 is 6.18 Å². The van der Waals surface area contributed by atoms with E-state index in [-0.39, 0.29) is 22.5 Å². The molecule has 1 atom stereocenters. The Morgan fingerprint density at radius 3 is 2.41 bits per heavy atom. The number of benzene rings is 2. The van der Waals surface area contributed by atoms with Gasteiger partial charge in [0.05, 0.1) is 23.2 Å². The summed E-state index contributed by atoms with van der Waals surface area (Å²) in [5.74, 6) is -0.442. The number of rotatable bonds is 7. The van der Waals surface area contributed by atoms with Crippen LogP contribution in [-0.4, -0.2) is 27.7 Å². The monoisotopic (exact) mass is 510 g/mol. The molecular formula is C27H25F3N4O3. The van der Waals surface area contributed by atoms with E-state index >= 15 is 0 Å². The molecule has 2 aromatic carbocycles. The Morgan fingerprint density at radius 2 is 1.84 bits per heavy atom. The van der Waals surface area contributed by atoms with Crippen LogP contribution in [0.25, 0.3) is 11.1 Å². The number of anilines is 1. The SMILES string of the molecule is CC(=O)/C(=C(\C)Nc1cccc(C(F)(F)F)c1)C(c1ccc(C#N)cc1-c1ccn(C)c(=O)c1)N(C)O. The molecule has 7 nitrogen and oxygen atoms in total. The zero-order valence-electron chi connectivity index (χ0n) is 20.6. The zero-order chi connectivity index (χ0) is 27.5. The number of nitrogens with zero attached hydrogens (tertiary/aromatic N) is 3. The van der Waals surface area contributed by atoms with Crippen molar-refractivity contribution in [1.29, 1.82) is 5.26 Å². The molecule has 0 bridgehead atoms. The lowest BCUT2D eigenvalue weighted by molar-refractivity contribution is -0.137. The molecule has 0 amide bonds. The number of Topliss-reactive ketones (excluding diaryl/α,β-unsaturated/α-hetero) is 1. The topological polar surface area (TPSA) is 98.4 Å². The second kappa shape index (κ2) is 10.8. The Labute approximate surface area is 211 Å². The van der Waals surface area contributed by atoms with E-state index in [1.54, 1.807) is 31.4 Å². The molecule has 3 aromatic rings. The summed E-state index contributed by atoms with van der Waals surface area (Å²) in [6.45, 7) is 2.81. The van der Waals surface area contributed by atoms with Gasteiger partial charge in [-0.3, -0.25) is 9.59 Å². The molecule has 0 spiro atoms. The maximum atomic E-state index is 13.2. The van der Waals surface area contributed by atoms with Gasteiger partial charge in [-0.2, -0.15) is 23.5 Å². The van der Waals surface area contributed by atoms with E-state index < -0.39 is 23.6 Å². The van der Waals surface area contributed by atoms with Crippen LogP contribution in [0.15, 0.2) is 76.9 Å². The summed E-state index contributed by atoms with van der Waals surface area (Å²) in [4.78, 5) is 25.2. The number of halogens is 3. The smallest absolute Gasteiger partial charge is 0.359 e. The van der Waals surface area contributed by atoms with Crippen LogP contribution in [0.3, 0.4) is 0 Å². The standard InChI is InChI=1S/C27H25F3N4O3/c1-16(32-21-7-5-6-20(14-21)27(28,29)30)25(17(2)35)26(34(4)37)22-9-8-18(15-31)12-23(22)19-10-11-33(3)24(36)13-19/h5-14,26,32,37H,1-4H3/b25-16-. The summed E-state index contributed by atoms with van der Waals surface area (Å²) in [5, 5.41) is 23.8. The highest BCUT2D eigenvalue weighted by Gasteiger charge is 2.31. The first-order valence-electron chi connectivity index (χ1n) is 11.1. The van der Waals surface area contributed by atoms with Gasteiger partial charge in [-0.05, 0) is 66.9 Å². The van der Waals surface area contributed by atoms with Crippen LogP contribution in [0.4, 0.5) is 18.9 Å². The third-order valence-corrected chi connectivity index (χ3v) is 5.84. The third kappa shape index (κ3) is 6.14. The second-order valence-electron chi connectivity index (χ2n) is 8.55. The number of carbonyl (C=O) groups is 1. The summed E-state index contributed by atoms with van der Waals surface area (Å²) in [6, 6.07) is 13.2. The fourth-order valence-corrected chi connectivity index (χ4v) is 4.09. The number of hydrogen-bond donors (Lipinski definition) is 2. The lowest BCUT2D eigenvalue weighted by atomic mass is 9.87. The average molecular weight is 511 g/mol. The minimum absolute atomic E-state index is 0.0807. The molecule has 0 saturated carbocycles. The highest BCUT2D eigenvalue weighted by atomic mass is 19.4. The molecule has 10 heteroatoms. The van der Waals surface area contributed by atoms with E-state index in [2.05, 4.69) is 5.32 Å². The average Bonchev–Trinajstić information content (AvgIpc) is 2.83. The van der Waals surface area contributed by atoms with Crippen molar-refractivity contribution in [2.24, 2.45) is 7.05 Å². The number of carbonyl (C=O) groups excluding carboxylic acids is 1. The Hall–Kier alpha value is -4.20. The molecule has 1 heterocycles. The number of aryl methyl sites for hydroxylation is 1. The normalized spacial score (nSPS) is 13.1. The Kier molecular flexibility index (Phi) is 8.01. The lowest BCUT2D eigenvalue weighted by Crippen LogP contribution is -2.28. The molecule has 0 aliphatic carbocycles. The molecule has 0 fully saturated rings. The van der Waals surface area contributed by atoms with Gasteiger partial charge in [-0.25, -0.2) is 0 Å². The summed E-state index contributed by atoms with van der Waals surface area (Å²) >= 11 is 0. The predicted octanol–water partition coefficient (Wildman–Crippen LogP) is 5.28. The van der Waals surface area contributed by atoms with E-state index in [0.29, 0.717) is 22.3 Å². The highest BCUT2D eigenvalue weighted by molar-refractivity contribution is 5.96. The number of nitrogens with one attached hydrogen (secondary N) is 1. The number of nitriles is 1. The molecule has 0 saturated heterocycles. The van der Waals surface area contributed by atoms with Crippen molar-refractivity contribution in [3.8, 4) is 17.2 Å². The summed E-state index contributed by atoms with van der Waals surface area (Å²) in [6.07, 6.45) is -2.99. The molecule has 0 radical (unpaired) electrons. The van der Waals surface area contributed by atoms with Crippen LogP contribution in [0.1, 0.15) is 36.6 Å². The maximum absolute atomic E-state index is 13.2. The number of ketones is 1.